The Morgan fingerprint density at radius 2 is 2.06 bits per heavy atom. The van der Waals surface area contributed by atoms with Crippen LogP contribution < -0.4 is 0 Å². The minimum Gasteiger partial charge on any atom is -0.396 e. The first kappa shape index (κ1) is 14.3. The zero-order valence-corrected chi connectivity index (χ0v) is 11.7. The molecular formula is C14H27NO3. The van der Waals surface area contributed by atoms with Crippen LogP contribution in [0.15, 0.2) is 0 Å². The van der Waals surface area contributed by atoms with Gasteiger partial charge in [-0.2, -0.15) is 0 Å². The van der Waals surface area contributed by atoms with Crippen LogP contribution in [0.5, 0.6) is 0 Å². The number of hydrogen-bond donors (Lipinski definition) is 1. The highest BCUT2D eigenvalue weighted by molar-refractivity contribution is 4.88. The predicted molar refractivity (Wildman–Crippen MR) is 70.6 cm³/mol. The normalized spacial score (nSPS) is 33.5. The molecule has 2 fully saturated rings. The van der Waals surface area contributed by atoms with Crippen LogP contribution in [0.4, 0.5) is 0 Å². The van der Waals surface area contributed by atoms with Crippen molar-refractivity contribution < 1.29 is 14.6 Å². The topological polar surface area (TPSA) is 41.9 Å². The zero-order valence-electron chi connectivity index (χ0n) is 11.7. The van der Waals surface area contributed by atoms with Gasteiger partial charge < -0.3 is 14.6 Å². The maximum Gasteiger partial charge on any atom is 0.0674 e. The van der Waals surface area contributed by atoms with Crippen LogP contribution in [0.3, 0.4) is 0 Å². The number of morpholine rings is 1. The third-order valence-electron chi connectivity index (χ3n) is 4.48. The summed E-state index contributed by atoms with van der Waals surface area (Å²) < 4.78 is 11.2. The molecule has 2 atom stereocenters. The van der Waals surface area contributed by atoms with Crippen LogP contribution in [0.2, 0.25) is 0 Å². The van der Waals surface area contributed by atoms with E-state index in [0.29, 0.717) is 12.1 Å². The fraction of sp³-hybridized carbons (Fsp3) is 1.00. The highest BCUT2D eigenvalue weighted by Crippen LogP contribution is 2.32. The van der Waals surface area contributed by atoms with Crippen LogP contribution in [-0.4, -0.2) is 61.7 Å². The SMILES string of the molecule is CCC1COC(C)CN1CC1(CO)CCOCC1. The lowest BCUT2D eigenvalue weighted by Gasteiger charge is -2.45. The van der Waals surface area contributed by atoms with Gasteiger partial charge in [-0.1, -0.05) is 6.92 Å². The Bertz CT molecular complexity index is 253. The van der Waals surface area contributed by atoms with Crippen molar-refractivity contribution in [1.29, 1.82) is 0 Å². The molecule has 0 aromatic rings. The van der Waals surface area contributed by atoms with Gasteiger partial charge in [0.25, 0.3) is 0 Å². The van der Waals surface area contributed by atoms with E-state index in [0.717, 1.165) is 52.2 Å². The van der Waals surface area contributed by atoms with Crippen molar-refractivity contribution in [3.8, 4) is 0 Å². The van der Waals surface area contributed by atoms with Gasteiger partial charge in [-0.15, -0.1) is 0 Å². The van der Waals surface area contributed by atoms with E-state index in [4.69, 9.17) is 9.47 Å². The number of ether oxygens (including phenoxy) is 2. The molecule has 18 heavy (non-hydrogen) atoms. The van der Waals surface area contributed by atoms with Crippen molar-refractivity contribution in [2.75, 3.05) is 39.5 Å². The Morgan fingerprint density at radius 3 is 2.67 bits per heavy atom. The molecule has 106 valence electrons. The summed E-state index contributed by atoms with van der Waals surface area (Å²) in [5, 5.41) is 9.78. The molecule has 2 aliphatic heterocycles. The fourth-order valence-electron chi connectivity index (χ4n) is 3.08. The molecule has 2 unspecified atom stereocenters. The zero-order chi connectivity index (χ0) is 13.0. The van der Waals surface area contributed by atoms with Crippen LogP contribution >= 0.6 is 0 Å². The van der Waals surface area contributed by atoms with Crippen LogP contribution in [0, 0.1) is 5.41 Å². The van der Waals surface area contributed by atoms with Gasteiger partial charge in [-0.25, -0.2) is 0 Å². The average Bonchev–Trinajstić information content (AvgIpc) is 2.40. The first-order chi connectivity index (χ1) is 8.69. The lowest BCUT2D eigenvalue weighted by molar-refractivity contribution is -0.0933. The van der Waals surface area contributed by atoms with Crippen molar-refractivity contribution >= 4 is 0 Å². The molecule has 2 aliphatic rings. The molecule has 4 nitrogen and oxygen atoms in total. The maximum absolute atomic E-state index is 9.78. The highest BCUT2D eigenvalue weighted by atomic mass is 16.5. The average molecular weight is 257 g/mol. The van der Waals surface area contributed by atoms with Crippen LogP contribution in [0.1, 0.15) is 33.1 Å². The van der Waals surface area contributed by atoms with Gasteiger partial charge >= 0.3 is 0 Å². The molecule has 0 spiro atoms. The third-order valence-corrected chi connectivity index (χ3v) is 4.48. The summed E-state index contributed by atoms with van der Waals surface area (Å²) in [5.74, 6) is 0. The Hall–Kier alpha value is -0.160. The third kappa shape index (κ3) is 3.23. The summed E-state index contributed by atoms with van der Waals surface area (Å²) in [4.78, 5) is 2.52. The van der Waals surface area contributed by atoms with E-state index in [9.17, 15) is 5.11 Å². The second-order valence-corrected chi connectivity index (χ2v) is 5.91. The number of rotatable bonds is 4. The van der Waals surface area contributed by atoms with Crippen molar-refractivity contribution in [3.05, 3.63) is 0 Å². The Labute approximate surface area is 110 Å². The van der Waals surface area contributed by atoms with Gasteiger partial charge in [-0.05, 0) is 26.2 Å². The minimum absolute atomic E-state index is 0.0444. The maximum atomic E-state index is 9.78. The smallest absolute Gasteiger partial charge is 0.0674 e. The molecule has 0 bridgehead atoms. The van der Waals surface area contributed by atoms with Gasteiger partial charge in [-0.3, -0.25) is 4.90 Å². The molecule has 2 heterocycles. The Morgan fingerprint density at radius 1 is 1.33 bits per heavy atom. The first-order valence-electron chi connectivity index (χ1n) is 7.23. The molecule has 2 rings (SSSR count). The van der Waals surface area contributed by atoms with Crippen LogP contribution in [-0.2, 0) is 9.47 Å². The molecule has 2 saturated heterocycles. The van der Waals surface area contributed by atoms with Gasteiger partial charge in [0.15, 0.2) is 0 Å². The lowest BCUT2D eigenvalue weighted by atomic mass is 9.80. The van der Waals surface area contributed by atoms with Gasteiger partial charge in [0, 0.05) is 37.8 Å². The first-order valence-corrected chi connectivity index (χ1v) is 7.23. The van der Waals surface area contributed by atoms with Gasteiger partial charge in [0.1, 0.15) is 0 Å². The van der Waals surface area contributed by atoms with Gasteiger partial charge in [0.2, 0.25) is 0 Å². The summed E-state index contributed by atoms with van der Waals surface area (Å²) in [7, 11) is 0. The van der Waals surface area contributed by atoms with E-state index >= 15 is 0 Å². The molecule has 0 amide bonds. The Balaban J connectivity index is 1.99. The summed E-state index contributed by atoms with van der Waals surface area (Å²) in [6, 6.07) is 0.507. The number of nitrogens with zero attached hydrogens (tertiary/aromatic N) is 1. The fourth-order valence-corrected chi connectivity index (χ4v) is 3.08. The van der Waals surface area contributed by atoms with E-state index in [1.165, 1.54) is 0 Å². The molecule has 0 aromatic heterocycles. The molecule has 0 aliphatic carbocycles. The molecule has 4 heteroatoms. The Kier molecular flexibility index (Phi) is 5.01. The van der Waals surface area contributed by atoms with Crippen LogP contribution in [0.25, 0.3) is 0 Å². The molecule has 0 saturated carbocycles. The summed E-state index contributed by atoms with van der Waals surface area (Å²) in [5.41, 5.74) is 0.0444. The molecular weight excluding hydrogens is 230 g/mol. The van der Waals surface area contributed by atoms with E-state index in [-0.39, 0.29) is 12.0 Å². The summed E-state index contributed by atoms with van der Waals surface area (Å²) >= 11 is 0. The van der Waals surface area contributed by atoms with Gasteiger partial charge in [0.05, 0.1) is 19.3 Å². The van der Waals surface area contributed by atoms with Crippen molar-refractivity contribution in [3.63, 3.8) is 0 Å². The van der Waals surface area contributed by atoms with E-state index in [1.54, 1.807) is 0 Å². The monoisotopic (exact) mass is 257 g/mol. The van der Waals surface area contributed by atoms with E-state index in [1.807, 2.05) is 0 Å². The van der Waals surface area contributed by atoms with Crippen molar-refractivity contribution in [1.82, 2.24) is 4.90 Å². The second-order valence-electron chi connectivity index (χ2n) is 5.91. The summed E-state index contributed by atoms with van der Waals surface area (Å²) in [6.07, 6.45) is 3.38. The predicted octanol–water partition coefficient (Wildman–Crippen LogP) is 1.27. The number of aliphatic hydroxyl groups is 1. The number of aliphatic hydroxyl groups excluding tert-OH is 1. The van der Waals surface area contributed by atoms with Crippen molar-refractivity contribution in [2.45, 2.75) is 45.3 Å². The van der Waals surface area contributed by atoms with Crippen molar-refractivity contribution in [2.24, 2.45) is 5.41 Å². The lowest BCUT2D eigenvalue weighted by Crippen LogP contribution is -2.54. The second kappa shape index (κ2) is 6.33. The largest absolute Gasteiger partial charge is 0.396 e. The quantitative estimate of drug-likeness (QED) is 0.823. The molecule has 0 radical (unpaired) electrons. The standard InChI is InChI=1S/C14H27NO3/c1-3-13-9-18-12(2)8-15(13)10-14(11-16)4-6-17-7-5-14/h12-13,16H,3-11H2,1-2H3. The van der Waals surface area contributed by atoms with E-state index in [2.05, 4.69) is 18.7 Å². The summed E-state index contributed by atoms with van der Waals surface area (Å²) in [6.45, 7) is 9.00. The molecule has 0 aromatic carbocycles. The number of hydrogen-bond acceptors (Lipinski definition) is 4. The molecule has 1 N–H and O–H groups in total. The minimum atomic E-state index is 0.0444. The highest BCUT2D eigenvalue weighted by Gasteiger charge is 2.37. The van der Waals surface area contributed by atoms with E-state index < -0.39 is 0 Å².